The molecule has 1 unspecified atom stereocenters. The van der Waals surface area contributed by atoms with Gasteiger partial charge < -0.3 is 10.5 Å². The molecule has 3 heteroatoms. The van der Waals surface area contributed by atoms with Crippen molar-refractivity contribution in [3.63, 3.8) is 0 Å². The molecular weight excluding hydrogens is 230 g/mol. The second kappa shape index (κ2) is 5.50. The van der Waals surface area contributed by atoms with Crippen LogP contribution in [-0.4, -0.2) is 11.1 Å². The molecule has 1 atom stereocenters. The Balaban J connectivity index is 2.04. The molecule has 1 aromatic carbocycles. The van der Waals surface area contributed by atoms with Gasteiger partial charge >= 0.3 is 0 Å². The lowest BCUT2D eigenvalue weighted by atomic mass is 10.1. The maximum atomic E-state index is 5.93. The Labute approximate surface area is 108 Å². The number of thiocarbonyl (C=S) groups is 1. The van der Waals surface area contributed by atoms with Gasteiger partial charge in [-0.3, -0.25) is 0 Å². The van der Waals surface area contributed by atoms with E-state index in [9.17, 15) is 0 Å². The van der Waals surface area contributed by atoms with Gasteiger partial charge in [-0.25, -0.2) is 0 Å². The van der Waals surface area contributed by atoms with Crippen molar-refractivity contribution in [2.75, 3.05) is 0 Å². The van der Waals surface area contributed by atoms with E-state index in [-0.39, 0.29) is 6.10 Å². The average molecular weight is 249 g/mol. The van der Waals surface area contributed by atoms with Crippen molar-refractivity contribution in [3.05, 3.63) is 29.3 Å². The summed E-state index contributed by atoms with van der Waals surface area (Å²) in [5, 5.41) is 0. The van der Waals surface area contributed by atoms with E-state index in [1.165, 1.54) is 30.4 Å². The van der Waals surface area contributed by atoms with Crippen LogP contribution in [0.3, 0.4) is 0 Å². The Morgan fingerprint density at radius 3 is 2.88 bits per heavy atom. The Morgan fingerprint density at radius 1 is 1.41 bits per heavy atom. The summed E-state index contributed by atoms with van der Waals surface area (Å²) < 4.78 is 5.93. The summed E-state index contributed by atoms with van der Waals surface area (Å²) >= 11 is 4.93. The maximum absolute atomic E-state index is 5.93. The second-order valence-corrected chi connectivity index (χ2v) is 5.13. The number of hydrogen-bond donors (Lipinski definition) is 1. The zero-order chi connectivity index (χ0) is 12.3. The number of hydrogen-bond acceptors (Lipinski definition) is 2. The molecule has 2 rings (SSSR count). The lowest BCUT2D eigenvalue weighted by Gasteiger charge is -2.17. The fourth-order valence-corrected chi connectivity index (χ4v) is 2.49. The topological polar surface area (TPSA) is 35.2 Å². The monoisotopic (exact) mass is 249 g/mol. The number of benzene rings is 1. The number of fused-ring (bicyclic) bond motifs is 1. The van der Waals surface area contributed by atoms with Gasteiger partial charge in [0.25, 0.3) is 0 Å². The van der Waals surface area contributed by atoms with Gasteiger partial charge in [-0.2, -0.15) is 0 Å². The van der Waals surface area contributed by atoms with Crippen LogP contribution in [0.15, 0.2) is 18.2 Å². The molecule has 0 amide bonds. The fourth-order valence-electron chi connectivity index (χ4n) is 2.31. The molecule has 0 aliphatic heterocycles. The van der Waals surface area contributed by atoms with Crippen molar-refractivity contribution >= 4 is 17.2 Å². The highest BCUT2D eigenvalue weighted by molar-refractivity contribution is 7.80. The molecule has 0 fully saturated rings. The zero-order valence-electron chi connectivity index (χ0n) is 10.2. The van der Waals surface area contributed by atoms with Crippen LogP contribution in [0.25, 0.3) is 0 Å². The van der Waals surface area contributed by atoms with Crippen LogP contribution in [0.5, 0.6) is 5.75 Å². The lowest BCUT2D eigenvalue weighted by Crippen LogP contribution is -2.23. The molecule has 92 valence electrons. The van der Waals surface area contributed by atoms with E-state index in [1.54, 1.807) is 0 Å². The van der Waals surface area contributed by atoms with Crippen molar-refractivity contribution < 1.29 is 4.74 Å². The highest BCUT2D eigenvalue weighted by Gasteiger charge is 2.14. The molecule has 2 nitrogen and oxygen atoms in total. The fraction of sp³-hybridized carbons (Fsp3) is 0.500. The molecule has 0 aromatic heterocycles. The molecule has 0 radical (unpaired) electrons. The van der Waals surface area contributed by atoms with Crippen LogP contribution in [0, 0.1) is 0 Å². The first-order valence-electron chi connectivity index (χ1n) is 6.25. The summed E-state index contributed by atoms with van der Waals surface area (Å²) in [6.45, 7) is 2.09. The van der Waals surface area contributed by atoms with Crippen LogP contribution in [0.1, 0.15) is 37.3 Å². The zero-order valence-corrected chi connectivity index (χ0v) is 11.1. The van der Waals surface area contributed by atoms with Gasteiger partial charge in [0.05, 0.1) is 4.99 Å². The van der Waals surface area contributed by atoms with E-state index in [2.05, 4.69) is 25.1 Å². The van der Waals surface area contributed by atoms with E-state index >= 15 is 0 Å². The van der Waals surface area contributed by atoms with Gasteiger partial charge in [-0.15, -0.1) is 0 Å². The number of nitrogens with two attached hydrogens (primary N) is 1. The van der Waals surface area contributed by atoms with Crippen LogP contribution in [0.4, 0.5) is 0 Å². The summed E-state index contributed by atoms with van der Waals surface area (Å²) in [5.41, 5.74) is 8.47. The van der Waals surface area contributed by atoms with Crippen LogP contribution < -0.4 is 10.5 Å². The summed E-state index contributed by atoms with van der Waals surface area (Å²) in [5.74, 6) is 0.953. The minimum Gasteiger partial charge on any atom is -0.490 e. The normalized spacial score (nSPS) is 15.4. The summed E-state index contributed by atoms with van der Waals surface area (Å²) in [4.78, 5) is 0.526. The van der Waals surface area contributed by atoms with Crippen LogP contribution in [-0.2, 0) is 12.8 Å². The molecule has 0 heterocycles. The van der Waals surface area contributed by atoms with Crippen molar-refractivity contribution in [2.24, 2.45) is 5.73 Å². The SMILES string of the molecule is CCC(CC(N)=S)Oc1ccc2c(c1)CCC2. The van der Waals surface area contributed by atoms with E-state index in [0.717, 1.165) is 12.2 Å². The minimum atomic E-state index is 0.104. The smallest absolute Gasteiger partial charge is 0.120 e. The van der Waals surface area contributed by atoms with Crippen molar-refractivity contribution in [1.82, 2.24) is 0 Å². The standard InChI is InChI=1S/C14H19NOS/c1-2-12(9-14(15)17)16-13-7-6-10-4-3-5-11(10)8-13/h6-8,12H,2-5,9H2,1H3,(H2,15,17). The molecular formula is C14H19NOS. The molecule has 0 saturated heterocycles. The van der Waals surface area contributed by atoms with Crippen LogP contribution >= 0.6 is 12.2 Å². The molecule has 0 saturated carbocycles. The van der Waals surface area contributed by atoms with Crippen LogP contribution in [0.2, 0.25) is 0 Å². The van der Waals surface area contributed by atoms with Crippen molar-refractivity contribution in [2.45, 2.75) is 45.1 Å². The predicted molar refractivity (Wildman–Crippen MR) is 74.6 cm³/mol. The van der Waals surface area contributed by atoms with Gasteiger partial charge in [0.15, 0.2) is 0 Å². The minimum absolute atomic E-state index is 0.104. The maximum Gasteiger partial charge on any atom is 0.120 e. The number of ether oxygens (including phenoxy) is 1. The van der Waals surface area contributed by atoms with E-state index in [1.807, 2.05) is 0 Å². The Kier molecular flexibility index (Phi) is 4.00. The average Bonchev–Trinajstić information content (AvgIpc) is 2.74. The van der Waals surface area contributed by atoms with Gasteiger partial charge in [-0.05, 0) is 48.9 Å². The Bertz CT molecular complexity index is 417. The molecule has 1 aliphatic carbocycles. The van der Waals surface area contributed by atoms with E-state index in [4.69, 9.17) is 22.7 Å². The highest BCUT2D eigenvalue weighted by Crippen LogP contribution is 2.27. The van der Waals surface area contributed by atoms with E-state index < -0.39 is 0 Å². The third kappa shape index (κ3) is 3.19. The molecule has 0 bridgehead atoms. The van der Waals surface area contributed by atoms with Gasteiger partial charge in [0, 0.05) is 6.42 Å². The number of rotatable bonds is 5. The first-order chi connectivity index (χ1) is 8.19. The molecule has 1 aromatic rings. The molecule has 17 heavy (non-hydrogen) atoms. The summed E-state index contributed by atoms with van der Waals surface area (Å²) in [6.07, 6.45) is 5.34. The van der Waals surface area contributed by atoms with Gasteiger partial charge in [0.2, 0.25) is 0 Å². The molecule has 0 spiro atoms. The molecule has 1 aliphatic rings. The second-order valence-electron chi connectivity index (χ2n) is 4.60. The highest BCUT2D eigenvalue weighted by atomic mass is 32.1. The number of aryl methyl sites for hydroxylation is 2. The first-order valence-corrected chi connectivity index (χ1v) is 6.66. The first kappa shape index (κ1) is 12.4. The quantitative estimate of drug-likeness (QED) is 0.815. The van der Waals surface area contributed by atoms with Gasteiger partial charge in [-0.1, -0.05) is 25.2 Å². The van der Waals surface area contributed by atoms with E-state index in [0.29, 0.717) is 11.4 Å². The molecule has 2 N–H and O–H groups in total. The Morgan fingerprint density at radius 2 is 2.18 bits per heavy atom. The Hall–Kier alpha value is -1.09. The van der Waals surface area contributed by atoms with Crippen molar-refractivity contribution in [1.29, 1.82) is 0 Å². The third-order valence-corrected chi connectivity index (χ3v) is 3.42. The van der Waals surface area contributed by atoms with Gasteiger partial charge in [0.1, 0.15) is 11.9 Å². The van der Waals surface area contributed by atoms with Crippen molar-refractivity contribution in [3.8, 4) is 5.75 Å². The predicted octanol–water partition coefficient (Wildman–Crippen LogP) is 3.01. The third-order valence-electron chi connectivity index (χ3n) is 3.26. The summed E-state index contributed by atoms with van der Waals surface area (Å²) in [6, 6.07) is 6.42. The largest absolute Gasteiger partial charge is 0.490 e. The summed E-state index contributed by atoms with van der Waals surface area (Å²) in [7, 11) is 0. The lowest BCUT2D eigenvalue weighted by molar-refractivity contribution is 0.205.